The highest BCUT2D eigenvalue weighted by Crippen LogP contribution is 2.47. The Labute approximate surface area is 149 Å². The van der Waals surface area contributed by atoms with Crippen LogP contribution in [0.3, 0.4) is 0 Å². The van der Waals surface area contributed by atoms with E-state index in [1.165, 1.54) is 24.0 Å². The quantitative estimate of drug-likeness (QED) is 0.628. The zero-order valence-corrected chi connectivity index (χ0v) is 14.4. The topological polar surface area (TPSA) is 130 Å². The van der Waals surface area contributed by atoms with Crippen LogP contribution in [0.2, 0.25) is 0 Å². The van der Waals surface area contributed by atoms with Crippen LogP contribution in [0.25, 0.3) is 0 Å². The van der Waals surface area contributed by atoms with Crippen molar-refractivity contribution in [3.05, 3.63) is 41.1 Å². The monoisotopic (exact) mass is 360 g/mol. The molecule has 0 aromatic heterocycles. The van der Waals surface area contributed by atoms with Crippen LogP contribution in [0.15, 0.2) is 35.5 Å². The van der Waals surface area contributed by atoms with Crippen LogP contribution < -0.4 is 10.5 Å². The predicted octanol–water partition coefficient (Wildman–Crippen LogP) is 0.361. The number of carbonyl (C=O) groups excluding carboxylic acids is 2. The van der Waals surface area contributed by atoms with E-state index in [4.69, 9.17) is 10.5 Å². The van der Waals surface area contributed by atoms with E-state index in [9.17, 15) is 24.6 Å². The van der Waals surface area contributed by atoms with Crippen molar-refractivity contribution in [2.45, 2.75) is 26.0 Å². The lowest BCUT2D eigenvalue weighted by molar-refractivity contribution is -0.163. The van der Waals surface area contributed by atoms with Crippen LogP contribution in [-0.2, 0) is 9.59 Å². The molecule has 8 nitrogen and oxygen atoms in total. The summed E-state index contributed by atoms with van der Waals surface area (Å²) in [5.74, 6) is -2.53. The van der Waals surface area contributed by atoms with E-state index in [2.05, 4.69) is 0 Å². The Morgan fingerprint density at radius 1 is 1.31 bits per heavy atom. The molecule has 4 N–H and O–H groups in total. The number of carboxylic acids is 1. The maximum Gasteiger partial charge on any atom is 0.352 e. The van der Waals surface area contributed by atoms with Gasteiger partial charge in [-0.05, 0) is 31.2 Å². The minimum absolute atomic E-state index is 0.00841. The number of ether oxygens (including phenoxy) is 1. The summed E-state index contributed by atoms with van der Waals surface area (Å²) < 4.78 is 5.66. The van der Waals surface area contributed by atoms with Crippen molar-refractivity contribution in [3.63, 3.8) is 0 Å². The average Bonchev–Trinajstić information content (AvgIpc) is 2.82. The number of carbonyl (C=O) groups is 3. The molecule has 0 saturated carbocycles. The number of primary amides is 1. The van der Waals surface area contributed by atoms with Gasteiger partial charge in [0.2, 0.25) is 11.8 Å². The third kappa shape index (κ3) is 2.72. The largest absolute Gasteiger partial charge is 0.489 e. The predicted molar refractivity (Wildman–Crippen MR) is 90.1 cm³/mol. The van der Waals surface area contributed by atoms with E-state index in [1.807, 2.05) is 6.92 Å². The van der Waals surface area contributed by atoms with Crippen molar-refractivity contribution in [1.29, 1.82) is 0 Å². The van der Waals surface area contributed by atoms with Gasteiger partial charge in [-0.15, -0.1) is 0 Å². The first-order chi connectivity index (χ1) is 12.2. The summed E-state index contributed by atoms with van der Waals surface area (Å²) in [6.07, 6.45) is -0.845. The lowest BCUT2D eigenvalue weighted by atomic mass is 9.78. The molecule has 1 aromatic carbocycles. The minimum atomic E-state index is -1.19. The number of rotatable bonds is 6. The molecule has 0 spiro atoms. The zero-order chi connectivity index (χ0) is 19.2. The second-order valence-electron chi connectivity index (χ2n) is 6.61. The summed E-state index contributed by atoms with van der Waals surface area (Å²) in [5, 5.41) is 19.4. The van der Waals surface area contributed by atoms with E-state index < -0.39 is 23.9 Å². The number of benzene rings is 1. The Balaban J connectivity index is 1.81. The molecule has 3 rings (SSSR count). The molecule has 2 heterocycles. The highest BCUT2D eigenvalue weighted by molar-refractivity contribution is 6.00. The number of nitrogens with two attached hydrogens (primary N) is 1. The Morgan fingerprint density at radius 2 is 1.92 bits per heavy atom. The fraction of sp³-hybridized carbons (Fsp3) is 0.389. The molecule has 4 atom stereocenters. The summed E-state index contributed by atoms with van der Waals surface area (Å²) in [4.78, 5) is 36.3. The number of aliphatic hydroxyl groups excluding tert-OH is 1. The number of fused-ring (bicyclic) bond motifs is 1. The molecule has 1 saturated heterocycles. The average molecular weight is 360 g/mol. The third-order valence-electron chi connectivity index (χ3n) is 5.05. The number of carboxylic acid groups (broad SMARTS) is 1. The molecule has 0 bridgehead atoms. The second-order valence-corrected chi connectivity index (χ2v) is 6.61. The molecule has 2 aliphatic heterocycles. The fourth-order valence-electron chi connectivity index (χ4n) is 3.71. The SMILES string of the molecule is C[C@H]1C(COc2ccc(C(N)=O)cc2)=C(C(=O)O)N2C(=O)[C@H]([C@@H](C)O)C12. The fourth-order valence-corrected chi connectivity index (χ4v) is 3.71. The minimum Gasteiger partial charge on any atom is -0.489 e. The number of amides is 2. The number of hydrogen-bond donors (Lipinski definition) is 3. The molecular weight excluding hydrogens is 340 g/mol. The lowest BCUT2D eigenvalue weighted by Crippen LogP contribution is -2.63. The number of nitrogens with zero attached hydrogens (tertiary/aromatic N) is 1. The van der Waals surface area contributed by atoms with E-state index in [1.54, 1.807) is 12.1 Å². The molecular formula is C18H20N2O6. The van der Waals surface area contributed by atoms with Crippen molar-refractivity contribution < 1.29 is 29.3 Å². The van der Waals surface area contributed by atoms with Gasteiger partial charge in [-0.3, -0.25) is 9.59 Å². The van der Waals surface area contributed by atoms with Crippen molar-refractivity contribution in [1.82, 2.24) is 4.90 Å². The highest BCUT2D eigenvalue weighted by Gasteiger charge is 2.59. The number of β-lactam (4-membered cyclic amide) rings is 1. The van der Waals surface area contributed by atoms with Gasteiger partial charge in [-0.25, -0.2) is 4.79 Å². The highest BCUT2D eigenvalue weighted by atomic mass is 16.5. The van der Waals surface area contributed by atoms with Crippen LogP contribution in [-0.4, -0.2) is 51.6 Å². The molecule has 1 unspecified atom stereocenters. The van der Waals surface area contributed by atoms with Gasteiger partial charge in [0, 0.05) is 17.1 Å². The molecule has 138 valence electrons. The van der Waals surface area contributed by atoms with Crippen LogP contribution in [0, 0.1) is 11.8 Å². The van der Waals surface area contributed by atoms with Gasteiger partial charge in [0.15, 0.2) is 0 Å². The van der Waals surface area contributed by atoms with Crippen LogP contribution in [0.5, 0.6) is 5.75 Å². The number of aliphatic carboxylic acids is 1. The van der Waals surface area contributed by atoms with E-state index in [-0.39, 0.29) is 30.2 Å². The standard InChI is InChI=1S/C18H20N2O6/c1-8-12(7-26-11-5-3-10(4-6-11)16(19)22)15(18(24)25)20-14(8)13(9(2)21)17(20)23/h3-6,8-9,13-14,21H,7H2,1-2H3,(H2,19,22)(H,24,25)/t8-,9+,13+,14?/m0/s1. The first-order valence-electron chi connectivity index (χ1n) is 8.24. The van der Waals surface area contributed by atoms with Crippen molar-refractivity contribution in [2.24, 2.45) is 17.6 Å². The molecule has 26 heavy (non-hydrogen) atoms. The van der Waals surface area contributed by atoms with E-state index in [0.29, 0.717) is 16.9 Å². The summed E-state index contributed by atoms with van der Waals surface area (Å²) in [6.45, 7) is 3.34. The summed E-state index contributed by atoms with van der Waals surface area (Å²) >= 11 is 0. The molecule has 2 aliphatic rings. The van der Waals surface area contributed by atoms with Crippen molar-refractivity contribution in [3.8, 4) is 5.75 Å². The van der Waals surface area contributed by atoms with E-state index >= 15 is 0 Å². The van der Waals surface area contributed by atoms with Crippen LogP contribution in [0.4, 0.5) is 0 Å². The lowest BCUT2D eigenvalue weighted by Gasteiger charge is -2.46. The molecule has 0 aliphatic carbocycles. The van der Waals surface area contributed by atoms with Gasteiger partial charge in [0.05, 0.1) is 18.1 Å². The van der Waals surface area contributed by atoms with Crippen LogP contribution in [0.1, 0.15) is 24.2 Å². The van der Waals surface area contributed by atoms with Gasteiger partial charge >= 0.3 is 5.97 Å². The summed E-state index contributed by atoms with van der Waals surface area (Å²) in [7, 11) is 0. The summed E-state index contributed by atoms with van der Waals surface area (Å²) in [5.41, 5.74) is 5.95. The molecule has 0 radical (unpaired) electrons. The normalized spacial score (nSPS) is 25.6. The van der Waals surface area contributed by atoms with Gasteiger partial charge in [0.25, 0.3) is 0 Å². The first-order valence-corrected chi connectivity index (χ1v) is 8.24. The van der Waals surface area contributed by atoms with Crippen LogP contribution >= 0.6 is 0 Å². The second kappa shape index (κ2) is 6.45. The smallest absolute Gasteiger partial charge is 0.352 e. The zero-order valence-electron chi connectivity index (χ0n) is 14.4. The van der Waals surface area contributed by atoms with Gasteiger partial charge < -0.3 is 25.6 Å². The maximum absolute atomic E-state index is 12.3. The molecule has 1 fully saturated rings. The van der Waals surface area contributed by atoms with E-state index in [0.717, 1.165) is 0 Å². The molecule has 2 amide bonds. The first kappa shape index (κ1) is 17.9. The van der Waals surface area contributed by atoms with Crippen molar-refractivity contribution in [2.75, 3.05) is 6.61 Å². The molecule has 1 aromatic rings. The van der Waals surface area contributed by atoms with Crippen molar-refractivity contribution >= 4 is 17.8 Å². The van der Waals surface area contributed by atoms with Gasteiger partial charge in [-0.2, -0.15) is 0 Å². The van der Waals surface area contributed by atoms with Gasteiger partial charge in [-0.1, -0.05) is 6.92 Å². The Morgan fingerprint density at radius 3 is 2.42 bits per heavy atom. The molecule has 8 heteroatoms. The Hall–Kier alpha value is -2.87. The number of hydrogen-bond acceptors (Lipinski definition) is 5. The van der Waals surface area contributed by atoms with Gasteiger partial charge in [0.1, 0.15) is 18.1 Å². The third-order valence-corrected chi connectivity index (χ3v) is 5.05. The maximum atomic E-state index is 12.3. The Kier molecular flexibility index (Phi) is 4.45. The Bertz CT molecular complexity index is 798. The summed E-state index contributed by atoms with van der Waals surface area (Å²) in [6, 6.07) is 5.80. The number of aliphatic hydroxyl groups is 1.